The topological polar surface area (TPSA) is 62.5 Å². The molecule has 2 aromatic carbocycles. The fourth-order valence-electron chi connectivity index (χ4n) is 3.81. The van der Waals surface area contributed by atoms with Gasteiger partial charge in [-0.1, -0.05) is 49.7 Å². The van der Waals surface area contributed by atoms with E-state index in [1.165, 1.54) is 11.0 Å². The number of anilines is 1. The van der Waals surface area contributed by atoms with E-state index in [9.17, 15) is 18.0 Å². The number of hydrogen-bond donors (Lipinski definition) is 0. The molecule has 0 spiro atoms. The summed E-state index contributed by atoms with van der Waals surface area (Å²) in [5.41, 5.74) is -0.105. The van der Waals surface area contributed by atoms with Gasteiger partial charge in [-0.15, -0.1) is 0 Å². The van der Waals surface area contributed by atoms with Gasteiger partial charge in [-0.05, 0) is 42.0 Å². The minimum atomic E-state index is -4.48. The van der Waals surface area contributed by atoms with Crippen LogP contribution < -0.4 is 4.90 Å². The highest BCUT2D eigenvalue weighted by molar-refractivity contribution is 6.30. The zero-order chi connectivity index (χ0) is 24.7. The summed E-state index contributed by atoms with van der Waals surface area (Å²) in [7, 11) is 0. The van der Waals surface area contributed by atoms with Crippen molar-refractivity contribution in [3.8, 4) is 0 Å². The summed E-state index contributed by atoms with van der Waals surface area (Å²) in [5, 5.41) is 4.49. The predicted octanol–water partition coefficient (Wildman–Crippen LogP) is 6.27. The van der Waals surface area contributed by atoms with Gasteiger partial charge in [0, 0.05) is 35.6 Å². The van der Waals surface area contributed by atoms with Crippen LogP contribution in [0.5, 0.6) is 0 Å². The van der Waals surface area contributed by atoms with E-state index in [0.29, 0.717) is 41.0 Å². The van der Waals surface area contributed by atoms with Crippen LogP contribution >= 0.6 is 11.6 Å². The number of nitrogens with zero attached hydrogens (tertiary/aromatic N) is 4. The van der Waals surface area contributed by atoms with Crippen molar-refractivity contribution < 1.29 is 22.5 Å². The lowest BCUT2D eigenvalue weighted by atomic mass is 9.97. The molecule has 1 aliphatic heterocycles. The quantitative estimate of drug-likeness (QED) is 0.421. The average Bonchev–Trinajstić information content (AvgIpc) is 3.37. The summed E-state index contributed by atoms with van der Waals surface area (Å²) in [6.45, 7) is 6.38. The van der Waals surface area contributed by atoms with Crippen LogP contribution in [0.1, 0.15) is 49.7 Å². The minimum Gasteiger partial charge on any atom is -0.339 e. The standard InChI is InChI=1S/C24H24ClF3N4O2/c1-23(2,3)21-29-20(30-34-21)11-12-31-14-19(15-5-4-6-16(13-15)24(26,27)28)32(22(31)33)18-9-7-17(25)8-10-18/h4-10,13,19H,11-12,14H2,1-3H3/t19-/m1/s1. The van der Waals surface area contributed by atoms with Crippen LogP contribution in [0.15, 0.2) is 53.1 Å². The SMILES string of the molecule is CC(C)(C)c1nc(CCN2C[C@H](c3cccc(C(F)(F)F)c3)N(c3ccc(Cl)cc3)C2=O)no1. The Morgan fingerprint density at radius 1 is 1.12 bits per heavy atom. The molecule has 0 N–H and O–H groups in total. The lowest BCUT2D eigenvalue weighted by molar-refractivity contribution is -0.137. The second-order valence-electron chi connectivity index (χ2n) is 9.23. The van der Waals surface area contributed by atoms with Gasteiger partial charge >= 0.3 is 12.2 Å². The normalized spacial score (nSPS) is 17.0. The van der Waals surface area contributed by atoms with Crippen molar-refractivity contribution in [1.82, 2.24) is 15.0 Å². The maximum atomic E-state index is 13.4. The number of amides is 2. The summed E-state index contributed by atoms with van der Waals surface area (Å²) >= 11 is 6.00. The number of carbonyl (C=O) groups is 1. The van der Waals surface area contributed by atoms with Crippen LogP contribution in [0.4, 0.5) is 23.7 Å². The molecule has 1 atom stereocenters. The Labute approximate surface area is 200 Å². The van der Waals surface area contributed by atoms with Crippen molar-refractivity contribution >= 4 is 23.3 Å². The molecule has 34 heavy (non-hydrogen) atoms. The van der Waals surface area contributed by atoms with Crippen LogP contribution in [-0.4, -0.2) is 34.2 Å². The molecular weight excluding hydrogens is 469 g/mol. The van der Waals surface area contributed by atoms with Crippen LogP contribution in [0, 0.1) is 0 Å². The highest BCUT2D eigenvalue weighted by Gasteiger charge is 2.40. The second-order valence-corrected chi connectivity index (χ2v) is 9.67. The maximum absolute atomic E-state index is 13.4. The molecule has 1 fully saturated rings. The van der Waals surface area contributed by atoms with Crippen LogP contribution in [-0.2, 0) is 18.0 Å². The van der Waals surface area contributed by atoms with E-state index in [4.69, 9.17) is 16.1 Å². The van der Waals surface area contributed by atoms with Gasteiger partial charge in [-0.3, -0.25) is 4.90 Å². The lowest BCUT2D eigenvalue weighted by Crippen LogP contribution is -2.33. The number of alkyl halides is 3. The first-order chi connectivity index (χ1) is 15.9. The smallest absolute Gasteiger partial charge is 0.339 e. The van der Waals surface area contributed by atoms with E-state index in [1.807, 2.05) is 20.8 Å². The number of rotatable bonds is 5. The van der Waals surface area contributed by atoms with Gasteiger partial charge in [0.25, 0.3) is 0 Å². The van der Waals surface area contributed by atoms with Gasteiger partial charge in [-0.25, -0.2) is 4.79 Å². The van der Waals surface area contributed by atoms with Crippen LogP contribution in [0.3, 0.4) is 0 Å². The van der Waals surface area contributed by atoms with Gasteiger partial charge in [0.05, 0.1) is 11.6 Å². The first-order valence-electron chi connectivity index (χ1n) is 10.8. The van der Waals surface area contributed by atoms with Crippen molar-refractivity contribution in [2.45, 2.75) is 44.8 Å². The third-order valence-corrected chi connectivity index (χ3v) is 5.85. The molecule has 2 amide bonds. The zero-order valence-electron chi connectivity index (χ0n) is 18.9. The Balaban J connectivity index is 1.61. The number of hydrogen-bond acceptors (Lipinski definition) is 4. The Hall–Kier alpha value is -3.07. The number of aromatic nitrogens is 2. The summed E-state index contributed by atoms with van der Waals surface area (Å²) in [4.78, 5) is 20.9. The van der Waals surface area contributed by atoms with E-state index >= 15 is 0 Å². The summed E-state index contributed by atoms with van der Waals surface area (Å²) in [6.07, 6.45) is -4.12. The third-order valence-electron chi connectivity index (χ3n) is 5.60. The molecule has 6 nitrogen and oxygen atoms in total. The molecule has 180 valence electrons. The van der Waals surface area contributed by atoms with Gasteiger partial charge in [0.15, 0.2) is 5.82 Å². The molecule has 0 aliphatic carbocycles. The Kier molecular flexibility index (Phi) is 6.33. The molecule has 0 saturated carbocycles. The number of carbonyl (C=O) groups excluding carboxylic acids is 1. The minimum absolute atomic E-state index is 0.215. The molecule has 0 radical (unpaired) electrons. The predicted molar refractivity (Wildman–Crippen MR) is 122 cm³/mol. The molecule has 1 saturated heterocycles. The highest BCUT2D eigenvalue weighted by atomic mass is 35.5. The average molecular weight is 493 g/mol. The van der Waals surface area contributed by atoms with Crippen molar-refractivity contribution in [2.24, 2.45) is 0 Å². The molecule has 1 aromatic heterocycles. The third kappa shape index (κ3) is 5.04. The van der Waals surface area contributed by atoms with Crippen LogP contribution in [0.25, 0.3) is 0 Å². The molecule has 1 aliphatic rings. The fraction of sp³-hybridized carbons (Fsp3) is 0.375. The molecule has 10 heteroatoms. The monoisotopic (exact) mass is 492 g/mol. The largest absolute Gasteiger partial charge is 0.416 e. The Bertz CT molecular complexity index is 1170. The Morgan fingerprint density at radius 2 is 1.82 bits per heavy atom. The first kappa shape index (κ1) is 24.1. The number of urea groups is 1. The highest BCUT2D eigenvalue weighted by Crippen LogP contribution is 2.37. The molecule has 0 unspecified atom stereocenters. The van der Waals surface area contributed by atoms with Gasteiger partial charge in [-0.2, -0.15) is 18.2 Å². The second kappa shape index (κ2) is 8.94. The van der Waals surface area contributed by atoms with E-state index in [2.05, 4.69) is 10.1 Å². The lowest BCUT2D eigenvalue weighted by Gasteiger charge is -2.24. The molecule has 4 rings (SSSR count). The van der Waals surface area contributed by atoms with Gasteiger partial charge in [0.1, 0.15) is 0 Å². The van der Waals surface area contributed by atoms with E-state index < -0.39 is 17.8 Å². The maximum Gasteiger partial charge on any atom is 0.416 e. The van der Waals surface area contributed by atoms with Crippen molar-refractivity contribution in [1.29, 1.82) is 0 Å². The van der Waals surface area contributed by atoms with Crippen LogP contribution in [0.2, 0.25) is 5.02 Å². The van der Waals surface area contributed by atoms with E-state index in [1.54, 1.807) is 35.2 Å². The van der Waals surface area contributed by atoms with Gasteiger partial charge < -0.3 is 9.42 Å². The Morgan fingerprint density at radius 3 is 2.44 bits per heavy atom. The molecule has 3 aromatic rings. The summed E-state index contributed by atoms with van der Waals surface area (Å²) in [5.74, 6) is 0.971. The zero-order valence-corrected chi connectivity index (χ0v) is 19.7. The molecule has 2 heterocycles. The summed E-state index contributed by atoms with van der Waals surface area (Å²) < 4.78 is 45.3. The van der Waals surface area contributed by atoms with Crippen molar-refractivity contribution in [2.75, 3.05) is 18.0 Å². The van der Waals surface area contributed by atoms with Crippen molar-refractivity contribution in [3.63, 3.8) is 0 Å². The van der Waals surface area contributed by atoms with Crippen molar-refractivity contribution in [3.05, 3.63) is 76.4 Å². The number of benzene rings is 2. The summed E-state index contributed by atoms with van der Waals surface area (Å²) in [6, 6.07) is 10.8. The first-order valence-corrected chi connectivity index (χ1v) is 11.2. The molecular formula is C24H24ClF3N4O2. The number of halogens is 4. The van der Waals surface area contributed by atoms with Gasteiger partial charge in [0.2, 0.25) is 5.89 Å². The van der Waals surface area contributed by atoms with E-state index in [0.717, 1.165) is 12.1 Å². The molecule has 0 bridgehead atoms. The fourth-order valence-corrected chi connectivity index (χ4v) is 3.93. The van der Waals surface area contributed by atoms with E-state index in [-0.39, 0.29) is 18.0 Å².